The third-order valence-corrected chi connectivity index (χ3v) is 5.05. The van der Waals surface area contributed by atoms with E-state index in [0.29, 0.717) is 12.0 Å². The van der Waals surface area contributed by atoms with Gasteiger partial charge >= 0.3 is 0 Å². The number of carbonyl (C=O) groups excluding carboxylic acids is 1. The minimum atomic E-state index is 0.113. The van der Waals surface area contributed by atoms with E-state index in [-0.39, 0.29) is 11.8 Å². The average molecular weight is 322 g/mol. The van der Waals surface area contributed by atoms with Crippen molar-refractivity contribution in [3.05, 3.63) is 54.4 Å². The Bertz CT molecular complexity index is 683. The lowest BCUT2D eigenvalue weighted by Crippen LogP contribution is -2.41. The number of hydrogen-bond donors (Lipinski definition) is 1. The first-order valence-electron chi connectivity index (χ1n) is 8.68. The molecule has 2 aromatic rings. The summed E-state index contributed by atoms with van der Waals surface area (Å²) in [5, 5.41) is 3.24. The van der Waals surface area contributed by atoms with Gasteiger partial charge in [-0.3, -0.25) is 4.79 Å². The highest BCUT2D eigenvalue weighted by Gasteiger charge is 2.40. The van der Waals surface area contributed by atoms with E-state index in [9.17, 15) is 4.79 Å². The molecular formula is C19H22N4O. The van der Waals surface area contributed by atoms with Crippen molar-refractivity contribution in [3.63, 3.8) is 0 Å². The maximum absolute atomic E-state index is 12.5. The Hall–Kier alpha value is -2.43. The third kappa shape index (κ3) is 3.25. The van der Waals surface area contributed by atoms with Gasteiger partial charge in [0.2, 0.25) is 11.9 Å². The first-order chi connectivity index (χ1) is 11.8. The maximum atomic E-state index is 12.5. The first-order valence-corrected chi connectivity index (χ1v) is 8.68. The van der Waals surface area contributed by atoms with E-state index >= 15 is 0 Å². The predicted molar refractivity (Wildman–Crippen MR) is 92.7 cm³/mol. The number of benzene rings is 1. The Morgan fingerprint density at radius 3 is 2.46 bits per heavy atom. The van der Waals surface area contributed by atoms with Crippen LogP contribution in [0.3, 0.4) is 0 Å². The van der Waals surface area contributed by atoms with Gasteiger partial charge < -0.3 is 10.2 Å². The van der Waals surface area contributed by atoms with Crippen LogP contribution in [0.5, 0.6) is 0 Å². The van der Waals surface area contributed by atoms with Gasteiger partial charge in [-0.05, 0) is 30.9 Å². The number of aromatic nitrogens is 2. The normalized spacial score (nSPS) is 23.8. The van der Waals surface area contributed by atoms with Gasteiger partial charge in [0.1, 0.15) is 0 Å². The quantitative estimate of drug-likeness (QED) is 0.939. The molecule has 2 heterocycles. The second kappa shape index (κ2) is 6.59. The predicted octanol–water partition coefficient (Wildman–Crippen LogP) is 2.37. The van der Waals surface area contributed by atoms with Gasteiger partial charge in [-0.15, -0.1) is 0 Å². The molecule has 124 valence electrons. The Morgan fingerprint density at radius 1 is 1.04 bits per heavy atom. The molecule has 0 radical (unpaired) electrons. The van der Waals surface area contributed by atoms with Gasteiger partial charge in [-0.25, -0.2) is 9.97 Å². The van der Waals surface area contributed by atoms with E-state index in [1.807, 2.05) is 12.1 Å². The fraction of sp³-hybridized carbons (Fsp3) is 0.421. The number of rotatable bonds is 4. The molecule has 1 aliphatic heterocycles. The van der Waals surface area contributed by atoms with Crippen LogP contribution in [0.15, 0.2) is 48.8 Å². The molecular weight excluding hydrogens is 300 g/mol. The van der Waals surface area contributed by atoms with Gasteiger partial charge in [0, 0.05) is 43.4 Å². The second-order valence-electron chi connectivity index (χ2n) is 6.68. The van der Waals surface area contributed by atoms with Crippen LogP contribution in [0.2, 0.25) is 0 Å². The molecule has 5 nitrogen and oxygen atoms in total. The average Bonchev–Trinajstić information content (AvgIpc) is 3.42. The van der Waals surface area contributed by atoms with Gasteiger partial charge in [0.15, 0.2) is 0 Å². The molecule has 0 bridgehead atoms. The summed E-state index contributed by atoms with van der Waals surface area (Å²) in [6.07, 6.45) is 6.32. The molecule has 1 N–H and O–H groups in total. The molecule has 2 aliphatic rings. The second-order valence-corrected chi connectivity index (χ2v) is 6.68. The van der Waals surface area contributed by atoms with Crippen LogP contribution in [0, 0.1) is 5.92 Å². The van der Waals surface area contributed by atoms with E-state index in [0.717, 1.165) is 38.3 Å². The number of anilines is 1. The molecule has 24 heavy (non-hydrogen) atoms. The molecule has 1 saturated heterocycles. The number of amides is 1. The number of nitrogens with zero attached hydrogens (tertiary/aromatic N) is 3. The third-order valence-electron chi connectivity index (χ3n) is 5.05. The Morgan fingerprint density at radius 2 is 1.75 bits per heavy atom. The lowest BCUT2D eigenvalue weighted by molar-refractivity contribution is -0.125. The van der Waals surface area contributed by atoms with E-state index in [1.54, 1.807) is 12.4 Å². The van der Waals surface area contributed by atoms with Crippen molar-refractivity contribution in [2.75, 3.05) is 18.0 Å². The molecule has 1 aromatic heterocycles. The highest BCUT2D eigenvalue weighted by molar-refractivity contribution is 5.79. The monoisotopic (exact) mass is 322 g/mol. The van der Waals surface area contributed by atoms with Crippen LogP contribution < -0.4 is 10.2 Å². The zero-order chi connectivity index (χ0) is 16.4. The summed E-state index contributed by atoms with van der Waals surface area (Å²) in [6.45, 7) is 1.68. The highest BCUT2D eigenvalue weighted by Crippen LogP contribution is 2.40. The van der Waals surface area contributed by atoms with Crippen LogP contribution in [0.25, 0.3) is 0 Å². The summed E-state index contributed by atoms with van der Waals surface area (Å²) in [5.74, 6) is 1.59. The largest absolute Gasteiger partial charge is 0.352 e. The lowest BCUT2D eigenvalue weighted by Gasteiger charge is -2.31. The van der Waals surface area contributed by atoms with E-state index in [4.69, 9.17) is 0 Å². The van der Waals surface area contributed by atoms with Crippen molar-refractivity contribution >= 4 is 11.9 Å². The Labute approximate surface area is 142 Å². The summed E-state index contributed by atoms with van der Waals surface area (Å²) in [5.41, 5.74) is 1.33. The maximum Gasteiger partial charge on any atom is 0.225 e. The van der Waals surface area contributed by atoms with Crippen molar-refractivity contribution in [1.82, 2.24) is 15.3 Å². The van der Waals surface area contributed by atoms with Crippen LogP contribution in [-0.2, 0) is 4.79 Å². The molecule has 4 rings (SSSR count). The summed E-state index contributed by atoms with van der Waals surface area (Å²) in [6, 6.07) is 12.6. The molecule has 1 amide bonds. The first kappa shape index (κ1) is 15.1. The number of hydrogen-bond acceptors (Lipinski definition) is 4. The molecule has 1 saturated carbocycles. The number of nitrogens with one attached hydrogen (secondary N) is 1. The number of carbonyl (C=O) groups is 1. The van der Waals surface area contributed by atoms with Gasteiger partial charge in [-0.2, -0.15) is 0 Å². The topological polar surface area (TPSA) is 58.1 Å². The van der Waals surface area contributed by atoms with Crippen molar-refractivity contribution in [3.8, 4) is 0 Å². The molecule has 2 unspecified atom stereocenters. The van der Waals surface area contributed by atoms with Crippen LogP contribution in [-0.4, -0.2) is 35.0 Å². The fourth-order valence-corrected chi connectivity index (χ4v) is 3.52. The molecule has 2 fully saturated rings. The standard InChI is InChI=1S/C19H22N4O/c24-18(22-17-13-16(17)14-5-2-1-3-6-14)15-7-11-23(12-8-15)19-20-9-4-10-21-19/h1-6,9-10,15-17H,7-8,11-13H2,(H,22,24). The van der Waals surface area contributed by atoms with Crippen LogP contribution in [0.4, 0.5) is 5.95 Å². The summed E-state index contributed by atoms with van der Waals surface area (Å²) < 4.78 is 0. The van der Waals surface area contributed by atoms with Crippen molar-refractivity contribution in [2.24, 2.45) is 5.92 Å². The van der Waals surface area contributed by atoms with Gasteiger partial charge in [0.25, 0.3) is 0 Å². The molecule has 0 spiro atoms. The number of piperidine rings is 1. The van der Waals surface area contributed by atoms with Gasteiger partial charge in [0.05, 0.1) is 0 Å². The van der Waals surface area contributed by atoms with Crippen molar-refractivity contribution in [1.29, 1.82) is 0 Å². The Kier molecular flexibility index (Phi) is 4.15. The molecule has 2 atom stereocenters. The van der Waals surface area contributed by atoms with Crippen LogP contribution in [0.1, 0.15) is 30.7 Å². The SMILES string of the molecule is O=C(NC1CC1c1ccccc1)C1CCN(c2ncccn2)CC1. The van der Waals surface area contributed by atoms with E-state index in [2.05, 4.69) is 44.5 Å². The van der Waals surface area contributed by atoms with Crippen LogP contribution >= 0.6 is 0 Å². The minimum absolute atomic E-state index is 0.113. The summed E-state index contributed by atoms with van der Waals surface area (Å²) in [7, 11) is 0. The van der Waals surface area contributed by atoms with E-state index < -0.39 is 0 Å². The van der Waals surface area contributed by atoms with E-state index in [1.165, 1.54) is 5.56 Å². The lowest BCUT2D eigenvalue weighted by atomic mass is 9.96. The summed E-state index contributed by atoms with van der Waals surface area (Å²) in [4.78, 5) is 23.2. The van der Waals surface area contributed by atoms with Gasteiger partial charge in [-0.1, -0.05) is 30.3 Å². The zero-order valence-corrected chi connectivity index (χ0v) is 13.6. The fourth-order valence-electron chi connectivity index (χ4n) is 3.52. The smallest absolute Gasteiger partial charge is 0.225 e. The zero-order valence-electron chi connectivity index (χ0n) is 13.6. The Balaban J connectivity index is 1.27. The molecule has 5 heteroatoms. The molecule has 1 aliphatic carbocycles. The highest BCUT2D eigenvalue weighted by atomic mass is 16.2. The van der Waals surface area contributed by atoms with Crippen molar-refractivity contribution in [2.45, 2.75) is 31.2 Å². The summed E-state index contributed by atoms with van der Waals surface area (Å²) >= 11 is 0. The minimum Gasteiger partial charge on any atom is -0.352 e. The van der Waals surface area contributed by atoms with Crippen molar-refractivity contribution < 1.29 is 4.79 Å². The molecule has 1 aromatic carbocycles.